The highest BCUT2D eigenvalue weighted by Crippen LogP contribution is 2.28. The first-order valence-corrected chi connectivity index (χ1v) is 5.92. The van der Waals surface area contributed by atoms with Gasteiger partial charge in [-0.3, -0.25) is 9.59 Å². The van der Waals surface area contributed by atoms with Crippen LogP contribution in [0.2, 0.25) is 0 Å². The van der Waals surface area contributed by atoms with Crippen molar-refractivity contribution < 1.29 is 19.1 Å². The van der Waals surface area contributed by atoms with Gasteiger partial charge in [-0.05, 0) is 24.6 Å². The minimum atomic E-state index is -1.09. The van der Waals surface area contributed by atoms with Crippen LogP contribution in [-0.2, 0) is 9.59 Å². The highest BCUT2D eigenvalue weighted by molar-refractivity contribution is 6.34. The Hall–Kier alpha value is -2.57. The third-order valence-electron chi connectivity index (χ3n) is 2.57. The molecule has 7 nitrogen and oxygen atoms in total. The molecule has 2 amide bonds. The summed E-state index contributed by atoms with van der Waals surface area (Å²) in [4.78, 5) is 21.7. The molecule has 0 bridgehead atoms. The second-order valence-electron chi connectivity index (χ2n) is 3.79. The zero-order valence-corrected chi connectivity index (χ0v) is 11.6. The Morgan fingerprint density at radius 1 is 1.25 bits per heavy atom. The number of primary amides is 1. The Labute approximate surface area is 116 Å². The molecular formula is C13H17N3O4. The van der Waals surface area contributed by atoms with E-state index in [4.69, 9.17) is 15.2 Å². The normalized spacial score (nSPS) is 10.8. The molecular weight excluding hydrogens is 262 g/mol. The number of hydrazone groups is 1. The van der Waals surface area contributed by atoms with Crippen molar-refractivity contribution in [3.8, 4) is 11.5 Å². The monoisotopic (exact) mass is 279 g/mol. The van der Waals surface area contributed by atoms with Crippen molar-refractivity contribution in [2.45, 2.75) is 13.3 Å². The van der Waals surface area contributed by atoms with E-state index < -0.39 is 11.8 Å². The summed E-state index contributed by atoms with van der Waals surface area (Å²) in [6.45, 7) is 1.87. The van der Waals surface area contributed by atoms with E-state index in [1.54, 1.807) is 25.3 Å². The van der Waals surface area contributed by atoms with Gasteiger partial charge in [0.2, 0.25) is 0 Å². The Balaban J connectivity index is 3.03. The molecule has 108 valence electrons. The fraction of sp³-hybridized carbons (Fsp3) is 0.308. The summed E-state index contributed by atoms with van der Waals surface area (Å²) >= 11 is 0. The third kappa shape index (κ3) is 3.71. The average Bonchev–Trinajstić information content (AvgIpc) is 2.47. The first-order chi connectivity index (χ1) is 9.53. The van der Waals surface area contributed by atoms with Crippen LogP contribution in [0.15, 0.2) is 23.3 Å². The summed E-state index contributed by atoms with van der Waals surface area (Å²) in [7, 11) is 3.07. The van der Waals surface area contributed by atoms with Crippen molar-refractivity contribution >= 4 is 17.5 Å². The van der Waals surface area contributed by atoms with E-state index in [9.17, 15) is 9.59 Å². The number of amides is 2. The molecule has 20 heavy (non-hydrogen) atoms. The van der Waals surface area contributed by atoms with Crippen molar-refractivity contribution in [3.63, 3.8) is 0 Å². The van der Waals surface area contributed by atoms with E-state index in [0.29, 0.717) is 23.6 Å². The van der Waals surface area contributed by atoms with Gasteiger partial charge in [0.15, 0.2) is 11.5 Å². The number of ether oxygens (including phenoxy) is 2. The van der Waals surface area contributed by atoms with E-state index in [1.165, 1.54) is 7.11 Å². The molecule has 3 N–H and O–H groups in total. The van der Waals surface area contributed by atoms with Gasteiger partial charge in [-0.1, -0.05) is 6.92 Å². The zero-order chi connectivity index (χ0) is 15.1. The lowest BCUT2D eigenvalue weighted by Gasteiger charge is -2.10. The van der Waals surface area contributed by atoms with E-state index in [1.807, 2.05) is 6.92 Å². The third-order valence-corrected chi connectivity index (χ3v) is 2.57. The van der Waals surface area contributed by atoms with E-state index >= 15 is 0 Å². The molecule has 0 unspecified atom stereocenters. The molecule has 7 heteroatoms. The SMILES string of the molecule is CC/C(=N\NC(=O)C(N)=O)c1ccc(OC)c(OC)c1. The average molecular weight is 279 g/mol. The van der Waals surface area contributed by atoms with Crippen molar-refractivity contribution in [3.05, 3.63) is 23.8 Å². The van der Waals surface area contributed by atoms with Gasteiger partial charge in [-0.2, -0.15) is 5.10 Å². The maximum absolute atomic E-state index is 11.1. The first-order valence-electron chi connectivity index (χ1n) is 5.92. The first kappa shape index (κ1) is 15.5. The number of hydrogen-bond donors (Lipinski definition) is 2. The number of benzene rings is 1. The second kappa shape index (κ2) is 7.13. The van der Waals surface area contributed by atoms with Gasteiger partial charge in [0.1, 0.15) is 0 Å². The minimum absolute atomic E-state index is 0.548. The molecule has 0 fully saturated rings. The van der Waals surface area contributed by atoms with E-state index in [2.05, 4.69) is 10.5 Å². The molecule has 0 saturated carbocycles. The van der Waals surface area contributed by atoms with Crippen LogP contribution in [0.5, 0.6) is 11.5 Å². The lowest BCUT2D eigenvalue weighted by atomic mass is 10.1. The van der Waals surface area contributed by atoms with Gasteiger partial charge >= 0.3 is 11.8 Å². The molecule has 0 aromatic heterocycles. The van der Waals surface area contributed by atoms with Gasteiger partial charge < -0.3 is 15.2 Å². The molecule has 0 aliphatic carbocycles. The van der Waals surface area contributed by atoms with Crippen LogP contribution >= 0.6 is 0 Å². The number of carbonyl (C=O) groups is 2. The van der Waals surface area contributed by atoms with Gasteiger partial charge in [-0.25, -0.2) is 5.43 Å². The quantitative estimate of drug-likeness (QED) is 0.463. The van der Waals surface area contributed by atoms with Gasteiger partial charge in [-0.15, -0.1) is 0 Å². The molecule has 0 heterocycles. The molecule has 1 aromatic carbocycles. The van der Waals surface area contributed by atoms with Crippen molar-refractivity contribution in [2.75, 3.05) is 14.2 Å². The predicted octanol–water partition coefficient (Wildman–Crippen LogP) is 0.419. The smallest absolute Gasteiger partial charge is 0.329 e. The van der Waals surface area contributed by atoms with Gasteiger partial charge in [0.25, 0.3) is 0 Å². The number of nitrogens with two attached hydrogens (primary N) is 1. The number of nitrogens with zero attached hydrogens (tertiary/aromatic N) is 1. The molecule has 0 spiro atoms. The van der Waals surface area contributed by atoms with E-state index in [0.717, 1.165) is 5.56 Å². The van der Waals surface area contributed by atoms with Crippen LogP contribution in [0.4, 0.5) is 0 Å². The van der Waals surface area contributed by atoms with Gasteiger partial charge in [0.05, 0.1) is 19.9 Å². The zero-order valence-electron chi connectivity index (χ0n) is 11.6. The Morgan fingerprint density at radius 2 is 1.90 bits per heavy atom. The summed E-state index contributed by atoms with van der Waals surface area (Å²) in [6.07, 6.45) is 0.550. The predicted molar refractivity (Wildman–Crippen MR) is 73.7 cm³/mol. The summed E-state index contributed by atoms with van der Waals surface area (Å²) in [5.74, 6) is -0.909. The van der Waals surface area contributed by atoms with E-state index in [-0.39, 0.29) is 0 Å². The highest BCUT2D eigenvalue weighted by atomic mass is 16.5. The lowest BCUT2D eigenvalue weighted by molar-refractivity contribution is -0.137. The highest BCUT2D eigenvalue weighted by Gasteiger charge is 2.10. The minimum Gasteiger partial charge on any atom is -0.493 e. The molecule has 0 saturated heterocycles. The standard InChI is InChI=1S/C13H17N3O4/c1-4-9(15-16-13(18)12(14)17)8-5-6-10(19-2)11(7-8)20-3/h5-7H,4H2,1-3H3,(H2,14,17)(H,16,18)/b15-9+. The Kier molecular flexibility index (Phi) is 5.52. The van der Waals surface area contributed by atoms with Crippen LogP contribution in [-0.4, -0.2) is 31.7 Å². The second-order valence-corrected chi connectivity index (χ2v) is 3.79. The van der Waals surface area contributed by atoms with Crippen LogP contribution in [0.3, 0.4) is 0 Å². The number of rotatable bonds is 5. The maximum Gasteiger partial charge on any atom is 0.329 e. The number of carbonyl (C=O) groups excluding carboxylic acids is 2. The van der Waals surface area contributed by atoms with Crippen LogP contribution in [0, 0.1) is 0 Å². The molecule has 0 aliphatic heterocycles. The molecule has 1 rings (SSSR count). The summed E-state index contributed by atoms with van der Waals surface area (Å²) in [5.41, 5.74) is 8.26. The van der Waals surface area contributed by atoms with Crippen LogP contribution < -0.4 is 20.6 Å². The summed E-state index contributed by atoms with van der Waals surface area (Å²) < 4.78 is 10.3. The largest absolute Gasteiger partial charge is 0.493 e. The summed E-state index contributed by atoms with van der Waals surface area (Å²) in [6, 6.07) is 5.24. The van der Waals surface area contributed by atoms with Crippen molar-refractivity contribution in [1.29, 1.82) is 0 Å². The number of nitrogens with one attached hydrogen (secondary N) is 1. The molecule has 0 aliphatic rings. The topological polar surface area (TPSA) is 103 Å². The molecule has 0 atom stereocenters. The maximum atomic E-state index is 11.1. The molecule has 1 aromatic rings. The van der Waals surface area contributed by atoms with Gasteiger partial charge in [0, 0.05) is 5.56 Å². The van der Waals surface area contributed by atoms with Crippen molar-refractivity contribution in [2.24, 2.45) is 10.8 Å². The Bertz CT molecular complexity index is 540. The fourth-order valence-corrected chi connectivity index (χ4v) is 1.54. The fourth-order valence-electron chi connectivity index (χ4n) is 1.54. The van der Waals surface area contributed by atoms with Crippen LogP contribution in [0.25, 0.3) is 0 Å². The summed E-state index contributed by atoms with van der Waals surface area (Å²) in [5, 5.41) is 3.88. The molecule has 0 radical (unpaired) electrons. The lowest BCUT2D eigenvalue weighted by Crippen LogP contribution is -2.33. The van der Waals surface area contributed by atoms with Crippen LogP contribution in [0.1, 0.15) is 18.9 Å². The number of hydrogen-bond acceptors (Lipinski definition) is 5. The van der Waals surface area contributed by atoms with Crippen molar-refractivity contribution in [1.82, 2.24) is 5.43 Å². The number of methoxy groups -OCH3 is 2. The Morgan fingerprint density at radius 3 is 2.40 bits per heavy atom.